The van der Waals surface area contributed by atoms with Crippen LogP contribution in [0.25, 0.3) is 0 Å². The maximum absolute atomic E-state index is 12.9. The molecule has 0 aliphatic carbocycles. The first-order valence-electron chi connectivity index (χ1n) is 33.6. The normalized spacial score (nSPS) is 13.2. The van der Waals surface area contributed by atoms with Crippen molar-refractivity contribution in [2.45, 2.75) is 284 Å². The van der Waals surface area contributed by atoms with Crippen LogP contribution in [0.3, 0.4) is 0 Å². The second-order valence-corrected chi connectivity index (χ2v) is 21.6. The van der Waals surface area contributed by atoms with Gasteiger partial charge in [-0.25, -0.2) is 0 Å². The van der Waals surface area contributed by atoms with Gasteiger partial charge in [0.05, 0.1) is 0 Å². The first kappa shape index (κ1) is 77.8. The highest BCUT2D eigenvalue weighted by Crippen LogP contribution is 2.16. The van der Waals surface area contributed by atoms with E-state index in [-0.39, 0.29) is 37.5 Å². The zero-order chi connectivity index (χ0) is 59.9. The Morgan fingerprint density at radius 1 is 0.241 bits per heavy atom. The second kappa shape index (κ2) is 69.3. The van der Waals surface area contributed by atoms with E-state index in [2.05, 4.69) is 185 Å². The Labute approximate surface area is 511 Å². The molecule has 0 radical (unpaired) electrons. The average molecular weight is 1140 g/mol. The number of unbranched alkanes of at least 4 members (excludes halogenated alkanes) is 20. The lowest BCUT2D eigenvalue weighted by Gasteiger charge is -2.18. The molecule has 1 atom stereocenters. The Balaban J connectivity index is 4.30. The van der Waals surface area contributed by atoms with Crippen LogP contribution >= 0.6 is 0 Å². The Morgan fingerprint density at radius 3 is 0.747 bits per heavy atom. The van der Waals surface area contributed by atoms with Crippen LogP contribution in [0, 0.1) is 0 Å². The lowest BCUT2D eigenvalue weighted by atomic mass is 10.0. The van der Waals surface area contributed by atoms with E-state index in [1.54, 1.807) is 0 Å². The topological polar surface area (TPSA) is 78.9 Å². The van der Waals surface area contributed by atoms with Crippen molar-refractivity contribution in [2.75, 3.05) is 13.2 Å². The summed E-state index contributed by atoms with van der Waals surface area (Å²) in [6, 6.07) is 0. The predicted octanol–water partition coefficient (Wildman–Crippen LogP) is 23.4. The molecule has 6 heteroatoms. The minimum Gasteiger partial charge on any atom is -0.462 e. The number of rotatable bonds is 59. The minimum atomic E-state index is -0.823. The summed E-state index contributed by atoms with van der Waals surface area (Å²) < 4.78 is 16.8. The molecule has 0 amide bonds. The van der Waals surface area contributed by atoms with Gasteiger partial charge in [-0.15, -0.1) is 0 Å². The maximum Gasteiger partial charge on any atom is 0.306 e. The van der Waals surface area contributed by atoms with Crippen LogP contribution in [0.15, 0.2) is 170 Å². The van der Waals surface area contributed by atoms with Gasteiger partial charge in [0.25, 0.3) is 0 Å². The summed E-state index contributed by atoms with van der Waals surface area (Å²) in [5, 5.41) is 0. The molecule has 0 fully saturated rings. The zero-order valence-electron chi connectivity index (χ0n) is 53.4. The Hall–Kier alpha value is -5.23. The van der Waals surface area contributed by atoms with Gasteiger partial charge in [0.1, 0.15) is 13.2 Å². The van der Waals surface area contributed by atoms with Crippen LogP contribution < -0.4 is 0 Å². The molecule has 0 aromatic heterocycles. The molecule has 1 unspecified atom stereocenters. The fraction of sp³-hybridized carbons (Fsp3) is 0.597. The largest absolute Gasteiger partial charge is 0.462 e. The molecule has 83 heavy (non-hydrogen) atoms. The van der Waals surface area contributed by atoms with E-state index in [0.29, 0.717) is 19.3 Å². The fourth-order valence-corrected chi connectivity index (χ4v) is 8.80. The molecule has 466 valence electrons. The predicted molar refractivity (Wildman–Crippen MR) is 361 cm³/mol. The molecule has 0 heterocycles. The highest BCUT2D eigenvalue weighted by atomic mass is 16.6. The van der Waals surface area contributed by atoms with E-state index in [1.807, 2.05) is 6.08 Å². The van der Waals surface area contributed by atoms with Crippen molar-refractivity contribution in [2.24, 2.45) is 0 Å². The number of hydrogen-bond donors (Lipinski definition) is 0. The Kier molecular flexibility index (Phi) is 64.9. The molecule has 0 aliphatic heterocycles. The molecule has 0 aromatic carbocycles. The summed E-state index contributed by atoms with van der Waals surface area (Å²) in [6.45, 7) is 6.22. The van der Waals surface area contributed by atoms with Crippen molar-refractivity contribution in [1.29, 1.82) is 0 Å². The van der Waals surface area contributed by atoms with Crippen LogP contribution in [-0.2, 0) is 28.6 Å². The van der Waals surface area contributed by atoms with Gasteiger partial charge in [0.2, 0.25) is 0 Å². The number of carbonyl (C=O) groups is 3. The van der Waals surface area contributed by atoms with Crippen LogP contribution in [0.1, 0.15) is 278 Å². The monoisotopic (exact) mass is 1140 g/mol. The van der Waals surface area contributed by atoms with Crippen LogP contribution in [0.5, 0.6) is 0 Å². The van der Waals surface area contributed by atoms with Crippen molar-refractivity contribution in [3.8, 4) is 0 Å². The summed E-state index contributed by atoms with van der Waals surface area (Å²) in [5.41, 5.74) is 0. The van der Waals surface area contributed by atoms with Gasteiger partial charge in [0, 0.05) is 19.3 Å². The van der Waals surface area contributed by atoms with Crippen molar-refractivity contribution in [1.82, 2.24) is 0 Å². The first-order chi connectivity index (χ1) is 41.0. The van der Waals surface area contributed by atoms with E-state index in [9.17, 15) is 14.4 Å². The van der Waals surface area contributed by atoms with E-state index < -0.39 is 6.10 Å². The smallest absolute Gasteiger partial charge is 0.306 e. The van der Waals surface area contributed by atoms with Crippen LogP contribution in [-0.4, -0.2) is 37.2 Å². The third kappa shape index (κ3) is 67.4. The second-order valence-electron chi connectivity index (χ2n) is 21.6. The van der Waals surface area contributed by atoms with E-state index in [0.717, 1.165) is 141 Å². The number of carbonyl (C=O) groups excluding carboxylic acids is 3. The fourth-order valence-electron chi connectivity index (χ4n) is 8.80. The maximum atomic E-state index is 12.9. The molecular formula is C77H122O6. The third-order valence-electron chi connectivity index (χ3n) is 13.7. The molecule has 0 rings (SSSR count). The average Bonchev–Trinajstić information content (AvgIpc) is 3.49. The quantitative estimate of drug-likeness (QED) is 0.0261. The number of hydrogen-bond acceptors (Lipinski definition) is 6. The van der Waals surface area contributed by atoms with Gasteiger partial charge >= 0.3 is 17.9 Å². The summed E-state index contributed by atoms with van der Waals surface area (Å²) in [5.74, 6) is -1.01. The van der Waals surface area contributed by atoms with Gasteiger partial charge in [0.15, 0.2) is 6.10 Å². The highest BCUT2D eigenvalue weighted by molar-refractivity contribution is 5.71. The molecule has 0 aromatic rings. The first-order valence-corrected chi connectivity index (χ1v) is 33.6. The SMILES string of the molecule is CC/C=C\C/C=C\C/C=C\C/C=C\C/C=C\C/C=C\CCCCCCCCCCCCCCCCC(=O)OCC(COC(=O)CC/C=C\C/C=C\C/C=C\C/C=C\CC)OC(=O)CCCCCCCC/C=C\C/C=C\C/C=C\C/C=C\CC. The van der Waals surface area contributed by atoms with E-state index in [4.69, 9.17) is 14.2 Å². The zero-order valence-corrected chi connectivity index (χ0v) is 53.4. The van der Waals surface area contributed by atoms with Gasteiger partial charge in [-0.05, 0) is 135 Å². The highest BCUT2D eigenvalue weighted by Gasteiger charge is 2.19. The van der Waals surface area contributed by atoms with Crippen molar-refractivity contribution in [3.05, 3.63) is 170 Å². The Morgan fingerprint density at radius 2 is 0.458 bits per heavy atom. The molecule has 0 saturated heterocycles. The lowest BCUT2D eigenvalue weighted by molar-refractivity contribution is -0.166. The van der Waals surface area contributed by atoms with Crippen molar-refractivity contribution >= 4 is 17.9 Å². The van der Waals surface area contributed by atoms with Gasteiger partial charge in [-0.3, -0.25) is 14.4 Å². The number of esters is 3. The minimum absolute atomic E-state index is 0.112. The lowest BCUT2D eigenvalue weighted by Crippen LogP contribution is -2.30. The Bertz CT molecular complexity index is 1890. The number of ether oxygens (including phenoxy) is 3. The standard InChI is InChI=1S/C77H122O6/c1-4-7-10-13-16-19-22-25-27-29-31-32-33-34-35-36-37-38-39-40-41-42-43-44-46-47-49-52-55-58-61-64-67-70-76(79)82-73-74(72-81-75(78)69-66-63-60-57-54-51-24-21-18-15-12-9-6-3)83-77(80)71-68-65-62-59-56-53-50-48-45-30-28-26-23-20-17-14-11-8-5-2/h7-12,16-21,25-28,31-32,34-35,37-38,45,48,51,54,60,63,74H,4-6,13-15,22-24,29-30,33,36,39-44,46-47,49-50,52-53,55-59,61-62,64-73H2,1-3H3/b10-7-,11-8-,12-9-,19-16-,20-17-,21-18-,27-25-,28-26-,32-31-,35-34-,38-37-,48-45-,54-51-,63-60-. The molecule has 0 bridgehead atoms. The van der Waals surface area contributed by atoms with E-state index >= 15 is 0 Å². The summed E-state index contributed by atoms with van der Waals surface area (Å²) in [4.78, 5) is 38.3. The van der Waals surface area contributed by atoms with Gasteiger partial charge < -0.3 is 14.2 Å². The van der Waals surface area contributed by atoms with Crippen molar-refractivity contribution in [3.63, 3.8) is 0 Å². The molecule has 0 spiro atoms. The van der Waals surface area contributed by atoms with Gasteiger partial charge in [-0.2, -0.15) is 0 Å². The molecule has 6 nitrogen and oxygen atoms in total. The number of allylic oxidation sites excluding steroid dienone is 28. The third-order valence-corrected chi connectivity index (χ3v) is 13.7. The van der Waals surface area contributed by atoms with E-state index in [1.165, 1.54) is 89.9 Å². The molecule has 0 aliphatic rings. The summed E-state index contributed by atoms with van der Waals surface area (Å²) in [7, 11) is 0. The molecule has 0 N–H and O–H groups in total. The molecular weight excluding hydrogens is 1020 g/mol. The summed E-state index contributed by atoms with van der Waals surface area (Å²) in [6.07, 6.45) is 102. The van der Waals surface area contributed by atoms with Gasteiger partial charge in [-0.1, -0.05) is 294 Å². The summed E-state index contributed by atoms with van der Waals surface area (Å²) >= 11 is 0. The molecule has 0 saturated carbocycles. The van der Waals surface area contributed by atoms with Crippen LogP contribution in [0.2, 0.25) is 0 Å². The van der Waals surface area contributed by atoms with Crippen LogP contribution in [0.4, 0.5) is 0 Å². The van der Waals surface area contributed by atoms with Crippen molar-refractivity contribution < 1.29 is 28.6 Å².